The van der Waals surface area contributed by atoms with Crippen LogP contribution in [0.5, 0.6) is 0 Å². The lowest BCUT2D eigenvalue weighted by Crippen LogP contribution is -2.43. The molecule has 0 aliphatic carbocycles. The van der Waals surface area contributed by atoms with Crippen molar-refractivity contribution in [3.63, 3.8) is 0 Å². The number of carbonyl (C=O) groups is 1. The lowest BCUT2D eigenvalue weighted by Gasteiger charge is -2.32. The van der Waals surface area contributed by atoms with Gasteiger partial charge < -0.3 is 14.2 Å². The summed E-state index contributed by atoms with van der Waals surface area (Å²) in [5, 5.41) is 0. The average Bonchev–Trinajstić information content (AvgIpc) is 2.35. The molecule has 1 unspecified atom stereocenters. The van der Waals surface area contributed by atoms with Crippen LogP contribution in [0.4, 0.5) is 0 Å². The molecule has 5 heteroatoms. The van der Waals surface area contributed by atoms with Gasteiger partial charge in [-0.1, -0.05) is 6.92 Å². The van der Waals surface area contributed by atoms with Gasteiger partial charge in [-0.2, -0.15) is 0 Å². The van der Waals surface area contributed by atoms with Gasteiger partial charge in [0.2, 0.25) is 0 Å². The van der Waals surface area contributed by atoms with Crippen molar-refractivity contribution in [1.29, 1.82) is 0 Å². The minimum Gasteiger partial charge on any atom is -0.464 e. The van der Waals surface area contributed by atoms with Crippen molar-refractivity contribution >= 4 is 5.97 Å². The highest BCUT2D eigenvalue weighted by Gasteiger charge is 2.18. The summed E-state index contributed by atoms with van der Waals surface area (Å²) >= 11 is 0. The largest absolute Gasteiger partial charge is 0.464 e. The smallest absolute Gasteiger partial charge is 0.332 e. The van der Waals surface area contributed by atoms with E-state index in [0.717, 1.165) is 32.7 Å². The molecule has 1 aliphatic heterocycles. The third kappa shape index (κ3) is 6.00. The Bertz CT molecular complexity index is 223. The van der Waals surface area contributed by atoms with Gasteiger partial charge in [-0.15, -0.1) is 0 Å². The first kappa shape index (κ1) is 14.4. The van der Waals surface area contributed by atoms with Crippen molar-refractivity contribution in [2.24, 2.45) is 0 Å². The molecule has 0 amide bonds. The molecule has 1 fully saturated rings. The third-order valence-corrected chi connectivity index (χ3v) is 2.76. The maximum absolute atomic E-state index is 11.0. The van der Waals surface area contributed by atoms with E-state index >= 15 is 0 Å². The molecular formula is C12H23NO4. The van der Waals surface area contributed by atoms with Gasteiger partial charge in [0.05, 0.1) is 25.9 Å². The molecule has 5 nitrogen and oxygen atoms in total. The molecule has 0 aromatic rings. The van der Waals surface area contributed by atoms with Crippen molar-refractivity contribution in [2.75, 3.05) is 46.1 Å². The quantitative estimate of drug-likeness (QED) is 0.487. The molecule has 0 aromatic heterocycles. The Morgan fingerprint density at radius 3 is 3.00 bits per heavy atom. The summed E-state index contributed by atoms with van der Waals surface area (Å²) in [7, 11) is 0. The maximum Gasteiger partial charge on any atom is 0.332 e. The Balaban J connectivity index is 2.04. The summed E-state index contributed by atoms with van der Waals surface area (Å²) in [4.78, 5) is 13.3. The minimum atomic E-state index is -0.291. The van der Waals surface area contributed by atoms with Crippen LogP contribution in [0.15, 0.2) is 0 Å². The second kappa shape index (κ2) is 8.44. The van der Waals surface area contributed by atoms with E-state index in [0.29, 0.717) is 19.3 Å². The Morgan fingerprint density at radius 1 is 1.47 bits per heavy atom. The van der Waals surface area contributed by atoms with Crippen LogP contribution in [0.25, 0.3) is 0 Å². The van der Waals surface area contributed by atoms with Crippen LogP contribution in [0, 0.1) is 0 Å². The van der Waals surface area contributed by atoms with E-state index in [4.69, 9.17) is 14.2 Å². The van der Waals surface area contributed by atoms with Crippen LogP contribution in [0.3, 0.4) is 0 Å². The predicted octanol–water partition coefficient (Wildman–Crippen LogP) is 0.677. The topological polar surface area (TPSA) is 48.0 Å². The normalized spacial score (nSPS) is 21.4. The zero-order chi connectivity index (χ0) is 12.5. The fourth-order valence-corrected chi connectivity index (χ4v) is 1.78. The molecule has 1 heterocycles. The van der Waals surface area contributed by atoms with E-state index in [9.17, 15) is 4.79 Å². The molecule has 0 aromatic carbocycles. The predicted molar refractivity (Wildman–Crippen MR) is 63.9 cm³/mol. The van der Waals surface area contributed by atoms with E-state index in [2.05, 4.69) is 11.8 Å². The molecule has 17 heavy (non-hydrogen) atoms. The van der Waals surface area contributed by atoms with Gasteiger partial charge in [0, 0.05) is 19.6 Å². The molecule has 0 saturated carbocycles. The fraction of sp³-hybridized carbons (Fsp3) is 0.917. The van der Waals surface area contributed by atoms with Crippen LogP contribution >= 0.6 is 0 Å². The number of nitrogens with zero attached hydrogens (tertiary/aromatic N) is 1. The van der Waals surface area contributed by atoms with Crippen molar-refractivity contribution in [3.8, 4) is 0 Å². The molecule has 0 radical (unpaired) electrons. The zero-order valence-electron chi connectivity index (χ0n) is 10.8. The number of ether oxygens (including phenoxy) is 3. The second-order valence-corrected chi connectivity index (χ2v) is 4.06. The molecule has 1 rings (SSSR count). The van der Waals surface area contributed by atoms with Crippen molar-refractivity contribution in [3.05, 3.63) is 0 Å². The molecule has 1 atom stereocenters. The first-order valence-electron chi connectivity index (χ1n) is 6.33. The van der Waals surface area contributed by atoms with E-state index < -0.39 is 0 Å². The van der Waals surface area contributed by atoms with Crippen molar-refractivity contribution in [1.82, 2.24) is 4.90 Å². The first-order valence-corrected chi connectivity index (χ1v) is 6.33. The first-order chi connectivity index (χ1) is 8.26. The van der Waals surface area contributed by atoms with Crippen LogP contribution in [0.1, 0.15) is 20.3 Å². The number of hydrogen-bond acceptors (Lipinski definition) is 5. The van der Waals surface area contributed by atoms with Gasteiger partial charge in [-0.3, -0.25) is 4.90 Å². The number of hydrogen-bond donors (Lipinski definition) is 0. The van der Waals surface area contributed by atoms with Gasteiger partial charge in [-0.25, -0.2) is 4.79 Å². The lowest BCUT2D eigenvalue weighted by molar-refractivity contribution is -0.148. The maximum atomic E-state index is 11.0. The monoisotopic (exact) mass is 245 g/mol. The van der Waals surface area contributed by atoms with E-state index in [-0.39, 0.29) is 12.6 Å². The fourth-order valence-electron chi connectivity index (χ4n) is 1.78. The van der Waals surface area contributed by atoms with Gasteiger partial charge in [0.25, 0.3) is 0 Å². The van der Waals surface area contributed by atoms with Gasteiger partial charge in [0.15, 0.2) is 0 Å². The highest BCUT2D eigenvalue weighted by Crippen LogP contribution is 2.07. The summed E-state index contributed by atoms with van der Waals surface area (Å²) < 4.78 is 15.6. The van der Waals surface area contributed by atoms with Crippen molar-refractivity contribution < 1.29 is 19.0 Å². The van der Waals surface area contributed by atoms with Crippen LogP contribution in [0.2, 0.25) is 0 Å². The van der Waals surface area contributed by atoms with Crippen molar-refractivity contribution in [2.45, 2.75) is 26.4 Å². The average molecular weight is 245 g/mol. The summed E-state index contributed by atoms with van der Waals surface area (Å²) in [6.07, 6.45) is 1.38. The SMILES string of the molecule is CCOC(=O)COCCN1CCOC(CC)C1. The van der Waals surface area contributed by atoms with E-state index in [1.165, 1.54) is 0 Å². The molecule has 0 bridgehead atoms. The van der Waals surface area contributed by atoms with Crippen LogP contribution < -0.4 is 0 Å². The number of morpholine rings is 1. The Hall–Kier alpha value is -0.650. The Morgan fingerprint density at radius 2 is 2.29 bits per heavy atom. The summed E-state index contributed by atoms with van der Waals surface area (Å²) in [6, 6.07) is 0. The molecule has 1 aliphatic rings. The molecule has 100 valence electrons. The van der Waals surface area contributed by atoms with Crippen LogP contribution in [-0.4, -0.2) is 63.0 Å². The summed E-state index contributed by atoms with van der Waals surface area (Å²) in [6.45, 7) is 8.48. The molecule has 0 spiro atoms. The van der Waals surface area contributed by atoms with E-state index in [1.54, 1.807) is 6.92 Å². The lowest BCUT2D eigenvalue weighted by atomic mass is 10.2. The van der Waals surface area contributed by atoms with Gasteiger partial charge >= 0.3 is 5.97 Å². The summed E-state index contributed by atoms with van der Waals surface area (Å²) in [5.74, 6) is -0.291. The second-order valence-electron chi connectivity index (χ2n) is 4.06. The molecular weight excluding hydrogens is 222 g/mol. The number of carbonyl (C=O) groups excluding carboxylic acids is 1. The molecule has 0 N–H and O–H groups in total. The standard InChI is InChI=1S/C12H23NO4/c1-3-11-9-13(6-8-17-11)5-7-15-10-12(14)16-4-2/h11H,3-10H2,1-2H3. The van der Waals surface area contributed by atoms with Crippen LogP contribution in [-0.2, 0) is 19.0 Å². The highest BCUT2D eigenvalue weighted by molar-refractivity contribution is 5.70. The molecule has 1 saturated heterocycles. The highest BCUT2D eigenvalue weighted by atomic mass is 16.6. The van der Waals surface area contributed by atoms with Gasteiger partial charge in [-0.05, 0) is 13.3 Å². The number of rotatable bonds is 7. The Kier molecular flexibility index (Phi) is 7.16. The van der Waals surface area contributed by atoms with Gasteiger partial charge in [0.1, 0.15) is 6.61 Å². The zero-order valence-corrected chi connectivity index (χ0v) is 10.8. The third-order valence-electron chi connectivity index (χ3n) is 2.76. The van der Waals surface area contributed by atoms with E-state index in [1.807, 2.05) is 0 Å². The summed E-state index contributed by atoms with van der Waals surface area (Å²) in [5.41, 5.74) is 0. The Labute approximate surface area is 103 Å². The number of esters is 1. The minimum absolute atomic E-state index is 0.0510.